The molecule has 0 fully saturated rings. The molecule has 100 valence electrons. The van der Waals surface area contributed by atoms with Crippen molar-refractivity contribution in [2.75, 3.05) is 0 Å². The lowest BCUT2D eigenvalue weighted by molar-refractivity contribution is -0.168. The summed E-state index contributed by atoms with van der Waals surface area (Å²) >= 11 is 0. The van der Waals surface area contributed by atoms with Crippen molar-refractivity contribution in [3.63, 3.8) is 0 Å². The first-order valence-corrected chi connectivity index (χ1v) is 6.43. The molecule has 2 heteroatoms. The van der Waals surface area contributed by atoms with E-state index in [1.165, 1.54) is 0 Å². The van der Waals surface area contributed by atoms with Crippen molar-refractivity contribution in [1.82, 2.24) is 0 Å². The molecular formula is C16H24O2. The number of hydrogen-bond acceptors (Lipinski definition) is 2. The number of carbonyl (C=O) groups excluding carboxylic acids is 1. The summed E-state index contributed by atoms with van der Waals surface area (Å²) in [5, 5.41) is 0. The lowest BCUT2D eigenvalue weighted by Crippen LogP contribution is -2.42. The van der Waals surface area contributed by atoms with Gasteiger partial charge in [-0.25, -0.2) is 0 Å². The molecule has 1 atom stereocenters. The van der Waals surface area contributed by atoms with E-state index in [2.05, 4.69) is 20.8 Å². The number of carbonyl (C=O) groups is 1. The summed E-state index contributed by atoms with van der Waals surface area (Å²) in [6.07, 6.45) is 0. The minimum Gasteiger partial charge on any atom is -0.459 e. The van der Waals surface area contributed by atoms with Gasteiger partial charge in [0.1, 0.15) is 5.60 Å². The summed E-state index contributed by atoms with van der Waals surface area (Å²) in [6, 6.07) is 9.73. The largest absolute Gasteiger partial charge is 0.459 e. The monoisotopic (exact) mass is 248 g/mol. The summed E-state index contributed by atoms with van der Waals surface area (Å²) in [5.74, 6) is -0.394. The lowest BCUT2D eigenvalue weighted by Gasteiger charge is -2.38. The van der Waals surface area contributed by atoms with Crippen molar-refractivity contribution >= 4 is 5.97 Å². The van der Waals surface area contributed by atoms with E-state index in [1.807, 2.05) is 51.1 Å². The number of esters is 1. The number of hydrogen-bond donors (Lipinski definition) is 0. The number of benzene rings is 1. The van der Waals surface area contributed by atoms with Crippen LogP contribution in [-0.2, 0) is 9.53 Å². The predicted octanol–water partition coefficient (Wildman–Crippen LogP) is 4.16. The first kappa shape index (κ1) is 14.7. The fourth-order valence-electron chi connectivity index (χ4n) is 1.37. The zero-order chi connectivity index (χ0) is 14.0. The van der Waals surface area contributed by atoms with Crippen molar-refractivity contribution < 1.29 is 9.53 Å². The van der Waals surface area contributed by atoms with Gasteiger partial charge in [-0.2, -0.15) is 0 Å². The zero-order valence-electron chi connectivity index (χ0n) is 12.3. The molecule has 18 heavy (non-hydrogen) atoms. The van der Waals surface area contributed by atoms with Crippen LogP contribution in [0.4, 0.5) is 0 Å². The molecule has 1 rings (SSSR count). The molecule has 0 N–H and O–H groups in total. The fourth-order valence-corrected chi connectivity index (χ4v) is 1.37. The quantitative estimate of drug-likeness (QED) is 0.751. The van der Waals surface area contributed by atoms with E-state index in [-0.39, 0.29) is 17.3 Å². The molecule has 0 saturated carbocycles. The van der Waals surface area contributed by atoms with Gasteiger partial charge >= 0.3 is 5.97 Å². The van der Waals surface area contributed by atoms with Crippen LogP contribution >= 0.6 is 0 Å². The van der Waals surface area contributed by atoms with Gasteiger partial charge in [-0.3, -0.25) is 4.79 Å². The van der Waals surface area contributed by atoms with Gasteiger partial charge in [0.25, 0.3) is 0 Å². The van der Waals surface area contributed by atoms with Gasteiger partial charge in [0.15, 0.2) is 0 Å². The molecule has 0 aliphatic rings. The topological polar surface area (TPSA) is 26.3 Å². The Balaban J connectivity index is 2.78. The van der Waals surface area contributed by atoms with Gasteiger partial charge in [-0.05, 0) is 26.3 Å². The summed E-state index contributed by atoms with van der Waals surface area (Å²) in [4.78, 5) is 12.2. The van der Waals surface area contributed by atoms with Crippen molar-refractivity contribution in [3.8, 4) is 0 Å². The summed E-state index contributed by atoms with van der Waals surface area (Å²) in [7, 11) is 0. The van der Waals surface area contributed by atoms with Crippen LogP contribution in [0.15, 0.2) is 30.3 Å². The minimum atomic E-state index is -0.479. The third-order valence-corrected chi connectivity index (χ3v) is 3.82. The predicted molar refractivity (Wildman–Crippen MR) is 74.5 cm³/mol. The summed E-state index contributed by atoms with van der Waals surface area (Å²) in [5.41, 5.74) is 0.429. The highest BCUT2D eigenvalue weighted by Crippen LogP contribution is 2.34. The molecule has 0 spiro atoms. The Morgan fingerprint density at radius 3 is 2.00 bits per heavy atom. The fraction of sp³-hybridized carbons (Fsp3) is 0.562. The minimum absolute atomic E-state index is 0.0843. The highest BCUT2D eigenvalue weighted by Gasteiger charge is 2.37. The molecular weight excluding hydrogens is 224 g/mol. The van der Waals surface area contributed by atoms with Crippen LogP contribution in [0.2, 0.25) is 0 Å². The van der Waals surface area contributed by atoms with Crippen LogP contribution in [0.3, 0.4) is 0 Å². The third-order valence-electron chi connectivity index (χ3n) is 3.82. The van der Waals surface area contributed by atoms with E-state index >= 15 is 0 Å². The Kier molecular flexibility index (Phi) is 4.20. The average molecular weight is 248 g/mol. The van der Waals surface area contributed by atoms with Crippen LogP contribution < -0.4 is 0 Å². The van der Waals surface area contributed by atoms with E-state index in [0.717, 1.165) is 5.56 Å². The van der Waals surface area contributed by atoms with Gasteiger partial charge in [0.2, 0.25) is 0 Å². The van der Waals surface area contributed by atoms with Crippen LogP contribution in [0, 0.1) is 5.41 Å². The van der Waals surface area contributed by atoms with E-state index in [0.29, 0.717) is 0 Å². The molecule has 0 aromatic heterocycles. The van der Waals surface area contributed by atoms with Gasteiger partial charge in [0, 0.05) is 5.41 Å². The molecule has 0 radical (unpaired) electrons. The Hall–Kier alpha value is -1.31. The first-order valence-electron chi connectivity index (χ1n) is 6.43. The van der Waals surface area contributed by atoms with E-state index < -0.39 is 5.60 Å². The molecule has 0 heterocycles. The standard InChI is InChI=1S/C16H24O2/c1-12(13-10-8-7-9-11-13)14(17)18-16(5,6)15(2,3)4/h7-12H,1-6H3/t12-/m1/s1. The summed E-state index contributed by atoms with van der Waals surface area (Å²) in [6.45, 7) is 12.0. The normalized spacial score (nSPS) is 14.1. The van der Waals surface area contributed by atoms with Crippen LogP contribution in [0.5, 0.6) is 0 Å². The first-order chi connectivity index (χ1) is 8.15. The highest BCUT2D eigenvalue weighted by atomic mass is 16.6. The molecule has 0 bridgehead atoms. The van der Waals surface area contributed by atoms with Crippen molar-refractivity contribution in [2.45, 2.75) is 53.1 Å². The Labute approximate surface area is 110 Å². The Morgan fingerprint density at radius 1 is 1.06 bits per heavy atom. The summed E-state index contributed by atoms with van der Waals surface area (Å²) < 4.78 is 5.68. The second-order valence-corrected chi connectivity index (χ2v) is 6.31. The smallest absolute Gasteiger partial charge is 0.313 e. The molecule has 0 amide bonds. The Bertz CT molecular complexity index is 399. The van der Waals surface area contributed by atoms with E-state index in [1.54, 1.807) is 0 Å². The molecule has 0 saturated heterocycles. The maximum absolute atomic E-state index is 12.2. The van der Waals surface area contributed by atoms with Crippen LogP contribution in [-0.4, -0.2) is 11.6 Å². The zero-order valence-corrected chi connectivity index (χ0v) is 12.3. The van der Waals surface area contributed by atoms with Crippen molar-refractivity contribution in [3.05, 3.63) is 35.9 Å². The number of ether oxygens (including phenoxy) is 1. The molecule has 1 aromatic carbocycles. The Morgan fingerprint density at radius 2 is 1.56 bits per heavy atom. The highest BCUT2D eigenvalue weighted by molar-refractivity contribution is 5.78. The van der Waals surface area contributed by atoms with Gasteiger partial charge < -0.3 is 4.74 Å². The van der Waals surface area contributed by atoms with Gasteiger partial charge in [0.05, 0.1) is 5.92 Å². The van der Waals surface area contributed by atoms with Crippen molar-refractivity contribution in [1.29, 1.82) is 0 Å². The maximum Gasteiger partial charge on any atom is 0.313 e. The molecule has 1 aromatic rings. The van der Waals surface area contributed by atoms with Crippen LogP contribution in [0.25, 0.3) is 0 Å². The second kappa shape index (κ2) is 5.13. The molecule has 0 unspecified atom stereocenters. The van der Waals surface area contributed by atoms with Crippen molar-refractivity contribution in [2.24, 2.45) is 5.41 Å². The van der Waals surface area contributed by atoms with E-state index in [9.17, 15) is 4.79 Å². The van der Waals surface area contributed by atoms with Gasteiger partial charge in [-0.1, -0.05) is 51.1 Å². The number of rotatable bonds is 3. The second-order valence-electron chi connectivity index (χ2n) is 6.31. The van der Waals surface area contributed by atoms with Gasteiger partial charge in [-0.15, -0.1) is 0 Å². The maximum atomic E-state index is 12.2. The third kappa shape index (κ3) is 3.34. The lowest BCUT2D eigenvalue weighted by atomic mass is 9.79. The van der Waals surface area contributed by atoms with Crippen LogP contribution in [0.1, 0.15) is 53.0 Å². The molecule has 0 aliphatic heterocycles. The molecule has 0 aliphatic carbocycles. The SMILES string of the molecule is C[C@@H](C(=O)OC(C)(C)C(C)(C)C)c1ccccc1. The van der Waals surface area contributed by atoms with E-state index in [4.69, 9.17) is 4.74 Å². The molecule has 2 nitrogen and oxygen atoms in total. The average Bonchev–Trinajstić information content (AvgIpc) is 2.27.